The molecule has 3 aromatic rings. The van der Waals surface area contributed by atoms with E-state index >= 15 is 0 Å². The number of hydrogen-bond acceptors (Lipinski definition) is 4. The Bertz CT molecular complexity index is 1170. The van der Waals surface area contributed by atoms with Gasteiger partial charge in [-0.2, -0.15) is 0 Å². The van der Waals surface area contributed by atoms with E-state index in [9.17, 15) is 9.59 Å². The zero-order valence-corrected chi connectivity index (χ0v) is 20.8. The Labute approximate surface area is 208 Å². The standard InChI is InChI=1S/C29H36N4O2/c1-3-32(4-2)19-16-30-29(35)26-21-25(14-15-27(26)33-17-8-5-9-18-33)31-28(34)24-13-12-22-10-6-7-11-23(22)20-24/h6-7,10-15,20-21H,3-5,8-9,16-19H2,1-2H3,(H,30,35)(H,31,34). The third-order valence-electron chi connectivity index (χ3n) is 6.82. The number of nitrogens with one attached hydrogen (secondary N) is 2. The van der Waals surface area contributed by atoms with Crippen molar-refractivity contribution in [2.75, 3.05) is 49.5 Å². The van der Waals surface area contributed by atoms with Gasteiger partial charge in [-0.3, -0.25) is 9.59 Å². The highest BCUT2D eigenvalue weighted by molar-refractivity contribution is 6.08. The van der Waals surface area contributed by atoms with Crippen LogP contribution in [-0.4, -0.2) is 56.0 Å². The lowest BCUT2D eigenvalue weighted by atomic mass is 10.0. The minimum atomic E-state index is -0.186. The summed E-state index contributed by atoms with van der Waals surface area (Å²) in [5.74, 6) is -0.283. The molecule has 4 rings (SSSR count). The number of carbonyl (C=O) groups is 2. The molecule has 6 nitrogen and oxygen atoms in total. The Morgan fingerprint density at radius 3 is 2.34 bits per heavy atom. The maximum atomic E-state index is 13.3. The van der Waals surface area contributed by atoms with Gasteiger partial charge in [0.1, 0.15) is 0 Å². The van der Waals surface area contributed by atoms with E-state index in [-0.39, 0.29) is 11.8 Å². The van der Waals surface area contributed by atoms with Crippen molar-refractivity contribution < 1.29 is 9.59 Å². The molecule has 6 heteroatoms. The van der Waals surface area contributed by atoms with Crippen molar-refractivity contribution in [2.24, 2.45) is 0 Å². The molecule has 0 atom stereocenters. The topological polar surface area (TPSA) is 64.7 Å². The van der Waals surface area contributed by atoms with Crippen molar-refractivity contribution in [3.05, 3.63) is 71.8 Å². The molecule has 1 fully saturated rings. The second-order valence-corrected chi connectivity index (χ2v) is 9.08. The van der Waals surface area contributed by atoms with Gasteiger partial charge in [-0.05, 0) is 73.5 Å². The summed E-state index contributed by atoms with van der Waals surface area (Å²) < 4.78 is 0. The number of hydrogen-bond donors (Lipinski definition) is 2. The second-order valence-electron chi connectivity index (χ2n) is 9.08. The lowest BCUT2D eigenvalue weighted by molar-refractivity contribution is 0.0948. The van der Waals surface area contributed by atoms with Crippen molar-refractivity contribution in [1.29, 1.82) is 0 Å². The molecule has 0 aliphatic carbocycles. The third-order valence-corrected chi connectivity index (χ3v) is 6.82. The van der Waals surface area contributed by atoms with E-state index in [2.05, 4.69) is 34.3 Å². The van der Waals surface area contributed by atoms with Crippen LogP contribution in [0.4, 0.5) is 11.4 Å². The fourth-order valence-electron chi connectivity index (χ4n) is 4.70. The number of benzene rings is 3. The van der Waals surface area contributed by atoms with Crippen LogP contribution in [0.3, 0.4) is 0 Å². The van der Waals surface area contributed by atoms with Gasteiger partial charge in [0.05, 0.1) is 5.56 Å². The van der Waals surface area contributed by atoms with Gasteiger partial charge in [0, 0.05) is 43.1 Å². The quantitative estimate of drug-likeness (QED) is 0.452. The van der Waals surface area contributed by atoms with Gasteiger partial charge in [-0.25, -0.2) is 0 Å². The second kappa shape index (κ2) is 11.8. The maximum Gasteiger partial charge on any atom is 0.255 e. The average Bonchev–Trinajstić information content (AvgIpc) is 2.91. The molecule has 0 saturated carbocycles. The Kier molecular flexibility index (Phi) is 8.37. The van der Waals surface area contributed by atoms with Gasteiger partial charge in [-0.1, -0.05) is 44.2 Å². The van der Waals surface area contributed by atoms with Crippen LogP contribution in [0, 0.1) is 0 Å². The lowest BCUT2D eigenvalue weighted by Crippen LogP contribution is -2.36. The summed E-state index contributed by atoms with van der Waals surface area (Å²) in [7, 11) is 0. The molecule has 35 heavy (non-hydrogen) atoms. The van der Waals surface area contributed by atoms with Crippen LogP contribution in [0.15, 0.2) is 60.7 Å². The summed E-state index contributed by atoms with van der Waals surface area (Å²) in [5.41, 5.74) is 2.77. The van der Waals surface area contributed by atoms with Crippen LogP contribution < -0.4 is 15.5 Å². The molecular weight excluding hydrogens is 436 g/mol. The van der Waals surface area contributed by atoms with Crippen LogP contribution in [0.1, 0.15) is 53.8 Å². The van der Waals surface area contributed by atoms with Crippen molar-refractivity contribution >= 4 is 34.0 Å². The van der Waals surface area contributed by atoms with Gasteiger partial charge < -0.3 is 20.4 Å². The molecule has 0 spiro atoms. The molecule has 0 bridgehead atoms. The van der Waals surface area contributed by atoms with Crippen molar-refractivity contribution in [2.45, 2.75) is 33.1 Å². The Hall–Kier alpha value is -3.38. The molecular formula is C29H36N4O2. The van der Waals surface area contributed by atoms with Crippen LogP contribution in [-0.2, 0) is 0 Å². The van der Waals surface area contributed by atoms with Crippen LogP contribution in [0.2, 0.25) is 0 Å². The number of carbonyl (C=O) groups excluding carboxylic acids is 2. The van der Waals surface area contributed by atoms with Crippen molar-refractivity contribution in [1.82, 2.24) is 10.2 Å². The van der Waals surface area contributed by atoms with E-state index in [1.807, 2.05) is 60.7 Å². The first-order valence-corrected chi connectivity index (χ1v) is 12.8. The number of anilines is 2. The summed E-state index contributed by atoms with van der Waals surface area (Å²) in [6.45, 7) is 9.47. The Morgan fingerprint density at radius 2 is 1.60 bits per heavy atom. The zero-order valence-electron chi connectivity index (χ0n) is 20.8. The Balaban J connectivity index is 1.54. The zero-order chi connectivity index (χ0) is 24.6. The van der Waals surface area contributed by atoms with Crippen LogP contribution in [0.5, 0.6) is 0 Å². The largest absolute Gasteiger partial charge is 0.371 e. The number of amides is 2. The molecule has 2 amide bonds. The number of likely N-dealkylation sites (N-methyl/N-ethyl adjacent to an activating group) is 1. The maximum absolute atomic E-state index is 13.3. The highest BCUT2D eigenvalue weighted by Gasteiger charge is 2.20. The first kappa shape index (κ1) is 24.7. The molecule has 0 aromatic heterocycles. The number of nitrogens with zero attached hydrogens (tertiary/aromatic N) is 2. The van der Waals surface area contributed by atoms with Gasteiger partial charge in [-0.15, -0.1) is 0 Å². The molecule has 1 aliphatic rings. The highest BCUT2D eigenvalue weighted by atomic mass is 16.2. The van der Waals surface area contributed by atoms with Gasteiger partial charge in [0.2, 0.25) is 0 Å². The molecule has 1 saturated heterocycles. The molecule has 0 radical (unpaired) electrons. The summed E-state index contributed by atoms with van der Waals surface area (Å²) in [6, 6.07) is 19.4. The summed E-state index contributed by atoms with van der Waals surface area (Å²) in [5, 5.41) is 8.20. The number of piperidine rings is 1. The first-order chi connectivity index (χ1) is 17.1. The van der Waals surface area contributed by atoms with Crippen LogP contribution >= 0.6 is 0 Å². The monoisotopic (exact) mass is 472 g/mol. The third kappa shape index (κ3) is 6.20. The SMILES string of the molecule is CCN(CC)CCNC(=O)c1cc(NC(=O)c2ccc3ccccc3c2)ccc1N1CCCCC1. The van der Waals surface area contributed by atoms with E-state index < -0.39 is 0 Å². The molecule has 1 aliphatic heterocycles. The lowest BCUT2D eigenvalue weighted by Gasteiger charge is -2.30. The molecule has 0 unspecified atom stereocenters. The van der Waals surface area contributed by atoms with E-state index in [4.69, 9.17) is 0 Å². The minimum Gasteiger partial charge on any atom is -0.371 e. The first-order valence-electron chi connectivity index (χ1n) is 12.8. The highest BCUT2D eigenvalue weighted by Crippen LogP contribution is 2.28. The van der Waals surface area contributed by atoms with E-state index in [1.54, 1.807) is 0 Å². The van der Waals surface area contributed by atoms with E-state index in [0.29, 0.717) is 23.4 Å². The molecule has 1 heterocycles. The Morgan fingerprint density at radius 1 is 0.857 bits per heavy atom. The van der Waals surface area contributed by atoms with Gasteiger partial charge >= 0.3 is 0 Å². The van der Waals surface area contributed by atoms with E-state index in [1.165, 1.54) is 6.42 Å². The molecule has 2 N–H and O–H groups in total. The number of rotatable bonds is 9. The number of fused-ring (bicyclic) bond motifs is 1. The molecule has 184 valence electrons. The fraction of sp³-hybridized carbons (Fsp3) is 0.379. The van der Waals surface area contributed by atoms with E-state index in [0.717, 1.165) is 62.0 Å². The summed E-state index contributed by atoms with van der Waals surface area (Å²) in [6.07, 6.45) is 3.48. The summed E-state index contributed by atoms with van der Waals surface area (Å²) in [4.78, 5) is 30.8. The smallest absolute Gasteiger partial charge is 0.255 e. The fourth-order valence-corrected chi connectivity index (χ4v) is 4.70. The predicted octanol–water partition coefficient (Wildman–Crippen LogP) is 5.15. The average molecular weight is 473 g/mol. The van der Waals surface area contributed by atoms with Gasteiger partial charge in [0.25, 0.3) is 11.8 Å². The van der Waals surface area contributed by atoms with Crippen molar-refractivity contribution in [3.63, 3.8) is 0 Å². The molecule has 3 aromatic carbocycles. The van der Waals surface area contributed by atoms with Gasteiger partial charge in [0.15, 0.2) is 0 Å². The predicted molar refractivity (Wildman–Crippen MR) is 145 cm³/mol. The minimum absolute atomic E-state index is 0.0977. The summed E-state index contributed by atoms with van der Waals surface area (Å²) >= 11 is 0. The van der Waals surface area contributed by atoms with Crippen LogP contribution in [0.25, 0.3) is 10.8 Å². The normalized spacial score (nSPS) is 13.7. The van der Waals surface area contributed by atoms with Crippen molar-refractivity contribution in [3.8, 4) is 0 Å².